The molecule has 1 aromatic heterocycles. The van der Waals surface area contributed by atoms with Crippen molar-refractivity contribution in [2.24, 2.45) is 0 Å². The number of aromatic carboxylic acids is 1. The Morgan fingerprint density at radius 2 is 2.12 bits per heavy atom. The Morgan fingerprint density at radius 1 is 1.35 bits per heavy atom. The summed E-state index contributed by atoms with van der Waals surface area (Å²) in [6, 6.07) is 7.19. The summed E-state index contributed by atoms with van der Waals surface area (Å²) in [6.07, 6.45) is 2.00. The smallest absolute Gasteiger partial charge is 0.335 e. The van der Waals surface area contributed by atoms with Crippen molar-refractivity contribution in [1.82, 2.24) is 9.47 Å². The Bertz CT molecular complexity index is 543. The molecule has 2 rings (SSSR count). The van der Waals surface area contributed by atoms with Crippen LogP contribution in [0.4, 0.5) is 0 Å². The number of benzene rings is 1. The zero-order valence-corrected chi connectivity index (χ0v) is 10.1. The second kappa shape index (κ2) is 4.59. The molecule has 0 fully saturated rings. The fourth-order valence-corrected chi connectivity index (χ4v) is 1.84. The zero-order valence-electron chi connectivity index (χ0n) is 10.1. The minimum Gasteiger partial charge on any atom is -0.478 e. The number of rotatable bonds is 4. The zero-order chi connectivity index (χ0) is 12.4. The molecule has 0 bridgehead atoms. The van der Waals surface area contributed by atoms with E-state index in [0.717, 1.165) is 24.0 Å². The van der Waals surface area contributed by atoms with Gasteiger partial charge < -0.3 is 14.6 Å². The van der Waals surface area contributed by atoms with E-state index in [1.54, 1.807) is 12.1 Å². The van der Waals surface area contributed by atoms with E-state index in [9.17, 15) is 4.79 Å². The summed E-state index contributed by atoms with van der Waals surface area (Å²) in [5, 5.41) is 9.89. The van der Waals surface area contributed by atoms with Gasteiger partial charge in [-0.1, -0.05) is 0 Å². The summed E-state index contributed by atoms with van der Waals surface area (Å²) in [6.45, 7) is 1.87. The standard InChI is InChI=1S/C13H16N2O2/c1-14(2)7-8-15-6-5-10-9-11(13(16)17)3-4-12(10)15/h3-6,9H,7-8H2,1-2H3,(H,16,17). The predicted octanol–water partition coefficient (Wildman–Crippen LogP) is 1.90. The van der Waals surface area contributed by atoms with E-state index in [4.69, 9.17) is 5.11 Å². The van der Waals surface area contributed by atoms with E-state index in [0.29, 0.717) is 5.56 Å². The van der Waals surface area contributed by atoms with Crippen LogP contribution in [0, 0.1) is 0 Å². The number of hydrogen-bond donors (Lipinski definition) is 1. The molecule has 4 nitrogen and oxygen atoms in total. The number of hydrogen-bond acceptors (Lipinski definition) is 2. The van der Waals surface area contributed by atoms with Gasteiger partial charge in [-0.05, 0) is 38.4 Å². The van der Waals surface area contributed by atoms with Crippen molar-refractivity contribution in [2.45, 2.75) is 6.54 Å². The summed E-state index contributed by atoms with van der Waals surface area (Å²) in [5.74, 6) is -0.882. The van der Waals surface area contributed by atoms with Crippen LogP contribution in [-0.2, 0) is 6.54 Å². The third-order valence-electron chi connectivity index (χ3n) is 2.81. The molecule has 0 radical (unpaired) electrons. The highest BCUT2D eigenvalue weighted by atomic mass is 16.4. The molecule has 1 heterocycles. The first-order chi connectivity index (χ1) is 8.08. The van der Waals surface area contributed by atoms with Gasteiger partial charge in [0.2, 0.25) is 0 Å². The Balaban J connectivity index is 2.31. The topological polar surface area (TPSA) is 45.5 Å². The summed E-state index contributed by atoms with van der Waals surface area (Å²) in [4.78, 5) is 13.0. The summed E-state index contributed by atoms with van der Waals surface area (Å²) >= 11 is 0. The van der Waals surface area contributed by atoms with Gasteiger partial charge in [-0.2, -0.15) is 0 Å². The summed E-state index contributed by atoms with van der Waals surface area (Å²) in [7, 11) is 4.07. The molecule has 17 heavy (non-hydrogen) atoms. The van der Waals surface area contributed by atoms with Gasteiger partial charge in [-0.25, -0.2) is 4.79 Å². The quantitative estimate of drug-likeness (QED) is 0.875. The minimum atomic E-state index is -0.882. The Morgan fingerprint density at radius 3 is 2.76 bits per heavy atom. The molecule has 1 aromatic carbocycles. The van der Waals surface area contributed by atoms with E-state index in [1.165, 1.54) is 0 Å². The molecule has 2 aromatic rings. The summed E-state index contributed by atoms with van der Waals surface area (Å²) in [5.41, 5.74) is 1.42. The molecule has 0 atom stereocenters. The lowest BCUT2D eigenvalue weighted by Gasteiger charge is -2.11. The van der Waals surface area contributed by atoms with Crippen LogP contribution in [0.5, 0.6) is 0 Å². The molecule has 0 saturated heterocycles. The van der Waals surface area contributed by atoms with E-state index in [1.807, 2.05) is 32.4 Å². The number of nitrogens with zero attached hydrogens (tertiary/aromatic N) is 2. The second-order valence-electron chi connectivity index (χ2n) is 4.39. The third kappa shape index (κ3) is 2.47. The average molecular weight is 232 g/mol. The number of carboxylic acids is 1. The summed E-state index contributed by atoms with van der Waals surface area (Å²) < 4.78 is 2.14. The van der Waals surface area contributed by atoms with Gasteiger partial charge in [0.1, 0.15) is 0 Å². The molecule has 90 valence electrons. The van der Waals surface area contributed by atoms with Crippen molar-refractivity contribution >= 4 is 16.9 Å². The molecule has 0 spiro atoms. The first-order valence-corrected chi connectivity index (χ1v) is 5.55. The second-order valence-corrected chi connectivity index (χ2v) is 4.39. The molecule has 0 aliphatic rings. The van der Waals surface area contributed by atoms with Gasteiger partial charge in [0, 0.05) is 30.2 Å². The number of likely N-dealkylation sites (N-methyl/N-ethyl adjacent to an activating group) is 1. The van der Waals surface area contributed by atoms with E-state index < -0.39 is 5.97 Å². The van der Waals surface area contributed by atoms with Crippen LogP contribution in [0.25, 0.3) is 10.9 Å². The van der Waals surface area contributed by atoms with E-state index in [2.05, 4.69) is 9.47 Å². The predicted molar refractivity (Wildman–Crippen MR) is 67.5 cm³/mol. The molecule has 0 saturated carbocycles. The molecule has 0 amide bonds. The molecule has 0 aliphatic heterocycles. The molecule has 4 heteroatoms. The highest BCUT2D eigenvalue weighted by Crippen LogP contribution is 2.17. The lowest BCUT2D eigenvalue weighted by molar-refractivity contribution is 0.0697. The normalized spacial score (nSPS) is 11.2. The van der Waals surface area contributed by atoms with E-state index in [-0.39, 0.29) is 0 Å². The Labute approximate surface area is 100 Å². The van der Waals surface area contributed by atoms with Gasteiger partial charge in [0.25, 0.3) is 0 Å². The highest BCUT2D eigenvalue weighted by Gasteiger charge is 2.06. The van der Waals surface area contributed by atoms with Crippen molar-refractivity contribution in [3.63, 3.8) is 0 Å². The molecular formula is C13H16N2O2. The maximum absolute atomic E-state index is 10.9. The van der Waals surface area contributed by atoms with Gasteiger partial charge in [-0.3, -0.25) is 0 Å². The van der Waals surface area contributed by atoms with Crippen LogP contribution in [0.15, 0.2) is 30.5 Å². The molecule has 0 unspecified atom stereocenters. The number of carbonyl (C=O) groups is 1. The largest absolute Gasteiger partial charge is 0.478 e. The number of carboxylic acid groups (broad SMARTS) is 1. The van der Waals surface area contributed by atoms with Gasteiger partial charge >= 0.3 is 5.97 Å². The maximum atomic E-state index is 10.9. The fraction of sp³-hybridized carbons (Fsp3) is 0.308. The first kappa shape index (κ1) is 11.7. The van der Waals surface area contributed by atoms with Crippen molar-refractivity contribution < 1.29 is 9.90 Å². The first-order valence-electron chi connectivity index (χ1n) is 5.55. The lowest BCUT2D eigenvalue weighted by atomic mass is 10.1. The van der Waals surface area contributed by atoms with Crippen LogP contribution in [0.2, 0.25) is 0 Å². The number of aromatic nitrogens is 1. The van der Waals surface area contributed by atoms with Crippen molar-refractivity contribution in [3.8, 4) is 0 Å². The van der Waals surface area contributed by atoms with Gasteiger partial charge in [0.15, 0.2) is 0 Å². The number of fused-ring (bicyclic) bond motifs is 1. The fourth-order valence-electron chi connectivity index (χ4n) is 1.84. The van der Waals surface area contributed by atoms with Crippen LogP contribution < -0.4 is 0 Å². The van der Waals surface area contributed by atoms with Gasteiger partial charge in [0.05, 0.1) is 5.56 Å². The van der Waals surface area contributed by atoms with Crippen molar-refractivity contribution in [1.29, 1.82) is 0 Å². The van der Waals surface area contributed by atoms with Crippen molar-refractivity contribution in [3.05, 3.63) is 36.0 Å². The molecule has 0 aliphatic carbocycles. The van der Waals surface area contributed by atoms with Crippen LogP contribution in [0.3, 0.4) is 0 Å². The Kier molecular flexibility index (Phi) is 3.15. The SMILES string of the molecule is CN(C)CCn1ccc2cc(C(=O)O)ccc21. The Hall–Kier alpha value is -1.81. The highest BCUT2D eigenvalue weighted by molar-refractivity contribution is 5.93. The van der Waals surface area contributed by atoms with Crippen LogP contribution >= 0.6 is 0 Å². The van der Waals surface area contributed by atoms with Crippen molar-refractivity contribution in [2.75, 3.05) is 20.6 Å². The molecule has 1 N–H and O–H groups in total. The third-order valence-corrected chi connectivity index (χ3v) is 2.81. The van der Waals surface area contributed by atoms with Crippen LogP contribution in [0.1, 0.15) is 10.4 Å². The maximum Gasteiger partial charge on any atom is 0.335 e. The average Bonchev–Trinajstić information content (AvgIpc) is 2.68. The minimum absolute atomic E-state index is 0.336. The van der Waals surface area contributed by atoms with Gasteiger partial charge in [-0.15, -0.1) is 0 Å². The lowest BCUT2D eigenvalue weighted by Crippen LogP contribution is -2.17. The van der Waals surface area contributed by atoms with Crippen LogP contribution in [-0.4, -0.2) is 41.2 Å². The molecular weight excluding hydrogens is 216 g/mol. The van der Waals surface area contributed by atoms with E-state index >= 15 is 0 Å². The monoisotopic (exact) mass is 232 g/mol.